The lowest BCUT2D eigenvalue weighted by molar-refractivity contribution is -0.115. The van der Waals surface area contributed by atoms with Gasteiger partial charge in [-0.25, -0.2) is 9.97 Å². The van der Waals surface area contributed by atoms with Crippen LogP contribution in [0.3, 0.4) is 0 Å². The number of hydrogen-bond acceptors (Lipinski definition) is 6. The van der Waals surface area contributed by atoms with Crippen LogP contribution in [0.1, 0.15) is 12.6 Å². The first-order valence-electron chi connectivity index (χ1n) is 10.0. The molecule has 0 aliphatic rings. The number of carbonyl (C=O) groups is 1. The summed E-state index contributed by atoms with van der Waals surface area (Å²) >= 11 is 8.76. The SMILES string of the molecule is CC(=O)N(c1ccccc1)c1nc(Cn2cnc3cc(-c4ccc(Cl)cc4)sc3c2=O)cs1. The van der Waals surface area contributed by atoms with Gasteiger partial charge in [-0.2, -0.15) is 0 Å². The summed E-state index contributed by atoms with van der Waals surface area (Å²) in [5, 5.41) is 3.09. The number of rotatable bonds is 5. The minimum absolute atomic E-state index is 0.119. The molecule has 5 aromatic rings. The summed E-state index contributed by atoms with van der Waals surface area (Å²) in [5.41, 5.74) is 2.97. The Bertz CT molecular complexity index is 1510. The predicted octanol–water partition coefficient (Wildman–Crippen LogP) is 5.97. The van der Waals surface area contributed by atoms with Crippen LogP contribution in [-0.2, 0) is 11.3 Å². The molecule has 0 unspecified atom stereocenters. The number of thiazole rings is 1. The molecule has 0 bridgehead atoms. The molecule has 5 rings (SSSR count). The minimum atomic E-state index is -0.129. The quantitative estimate of drug-likeness (QED) is 0.303. The molecule has 0 radical (unpaired) electrons. The molecule has 3 heterocycles. The van der Waals surface area contributed by atoms with E-state index in [0.29, 0.717) is 26.1 Å². The molecule has 0 fully saturated rings. The average Bonchev–Trinajstić information content (AvgIpc) is 3.45. The average molecular weight is 493 g/mol. The summed E-state index contributed by atoms with van der Waals surface area (Å²) < 4.78 is 2.14. The molecule has 33 heavy (non-hydrogen) atoms. The van der Waals surface area contributed by atoms with Gasteiger partial charge in [0.2, 0.25) is 5.91 Å². The van der Waals surface area contributed by atoms with Crippen molar-refractivity contribution in [1.29, 1.82) is 0 Å². The highest BCUT2D eigenvalue weighted by molar-refractivity contribution is 7.22. The van der Waals surface area contributed by atoms with E-state index in [-0.39, 0.29) is 18.0 Å². The molecule has 0 saturated heterocycles. The monoisotopic (exact) mass is 492 g/mol. The number of halogens is 1. The molecule has 0 N–H and O–H groups in total. The Kier molecular flexibility index (Phi) is 5.80. The normalized spacial score (nSPS) is 11.1. The third-order valence-corrected chi connectivity index (χ3v) is 7.31. The first kappa shape index (κ1) is 21.5. The number of para-hydroxylation sites is 1. The number of benzene rings is 2. The fourth-order valence-corrected chi connectivity index (χ4v) is 5.53. The molecule has 0 spiro atoms. The van der Waals surface area contributed by atoms with Crippen molar-refractivity contribution in [2.75, 3.05) is 4.90 Å². The van der Waals surface area contributed by atoms with Gasteiger partial charge in [-0.05, 0) is 35.9 Å². The van der Waals surface area contributed by atoms with Gasteiger partial charge in [0.15, 0.2) is 5.13 Å². The fraction of sp³-hybridized carbons (Fsp3) is 0.0833. The van der Waals surface area contributed by atoms with Gasteiger partial charge in [-0.1, -0.05) is 41.9 Å². The van der Waals surface area contributed by atoms with Gasteiger partial charge in [-0.15, -0.1) is 22.7 Å². The Morgan fingerprint density at radius 2 is 1.88 bits per heavy atom. The van der Waals surface area contributed by atoms with Crippen molar-refractivity contribution >= 4 is 61.2 Å². The zero-order valence-corrected chi connectivity index (χ0v) is 19.8. The molecule has 0 aliphatic carbocycles. The second-order valence-electron chi connectivity index (χ2n) is 7.32. The van der Waals surface area contributed by atoms with Crippen LogP contribution in [0.15, 0.2) is 77.2 Å². The molecule has 164 valence electrons. The molecule has 9 heteroatoms. The summed E-state index contributed by atoms with van der Waals surface area (Å²) in [6.45, 7) is 1.78. The second-order valence-corrected chi connectivity index (χ2v) is 9.65. The highest BCUT2D eigenvalue weighted by Crippen LogP contribution is 2.32. The highest BCUT2D eigenvalue weighted by Gasteiger charge is 2.18. The Labute approximate surface area is 202 Å². The topological polar surface area (TPSA) is 68.1 Å². The zero-order chi connectivity index (χ0) is 22.9. The van der Waals surface area contributed by atoms with Gasteiger partial charge in [0.05, 0.1) is 29.8 Å². The standard InChI is InChI=1S/C24H17ClN4O2S2/c1-15(30)29(19-5-3-2-4-6-19)24-27-18(13-32-24)12-28-14-26-20-11-21(33-22(20)23(28)31)16-7-9-17(25)10-8-16/h2-11,13-14H,12H2,1H3. The number of thiophene rings is 1. The summed E-state index contributed by atoms with van der Waals surface area (Å²) in [6.07, 6.45) is 1.54. The maximum Gasteiger partial charge on any atom is 0.271 e. The largest absolute Gasteiger partial charge is 0.292 e. The Morgan fingerprint density at radius 1 is 1.12 bits per heavy atom. The van der Waals surface area contributed by atoms with E-state index in [0.717, 1.165) is 16.1 Å². The summed E-state index contributed by atoms with van der Waals surface area (Å²) in [6, 6.07) is 18.8. The summed E-state index contributed by atoms with van der Waals surface area (Å²) in [7, 11) is 0. The molecular weight excluding hydrogens is 476 g/mol. The van der Waals surface area contributed by atoms with Crippen LogP contribution in [0.5, 0.6) is 0 Å². The van der Waals surface area contributed by atoms with E-state index in [1.807, 2.05) is 66.0 Å². The molecule has 6 nitrogen and oxygen atoms in total. The maximum absolute atomic E-state index is 13.1. The van der Waals surface area contributed by atoms with Gasteiger partial charge < -0.3 is 0 Å². The van der Waals surface area contributed by atoms with Gasteiger partial charge in [0.1, 0.15) is 4.70 Å². The number of amides is 1. The molecule has 1 amide bonds. The van der Waals surface area contributed by atoms with Crippen molar-refractivity contribution in [3.8, 4) is 10.4 Å². The van der Waals surface area contributed by atoms with Crippen LogP contribution in [0.25, 0.3) is 20.7 Å². The first-order chi connectivity index (χ1) is 16.0. The van der Waals surface area contributed by atoms with E-state index < -0.39 is 0 Å². The lowest BCUT2D eigenvalue weighted by atomic mass is 10.2. The van der Waals surface area contributed by atoms with E-state index in [1.54, 1.807) is 15.8 Å². The molecule has 0 saturated carbocycles. The maximum atomic E-state index is 13.1. The van der Waals surface area contributed by atoms with Crippen molar-refractivity contribution in [2.24, 2.45) is 0 Å². The number of carbonyl (C=O) groups excluding carboxylic acids is 1. The van der Waals surface area contributed by atoms with Crippen LogP contribution >= 0.6 is 34.3 Å². The highest BCUT2D eigenvalue weighted by atomic mass is 35.5. The number of anilines is 2. The Morgan fingerprint density at radius 3 is 2.61 bits per heavy atom. The minimum Gasteiger partial charge on any atom is -0.292 e. The van der Waals surface area contributed by atoms with Gasteiger partial charge >= 0.3 is 0 Å². The molecule has 3 aromatic heterocycles. The molecule has 0 aliphatic heterocycles. The summed E-state index contributed by atoms with van der Waals surface area (Å²) in [4.78, 5) is 37.0. The van der Waals surface area contributed by atoms with E-state index in [1.165, 1.54) is 29.6 Å². The first-order valence-corrected chi connectivity index (χ1v) is 12.1. The Balaban J connectivity index is 1.44. The lowest BCUT2D eigenvalue weighted by Crippen LogP contribution is -2.23. The number of aromatic nitrogens is 3. The smallest absolute Gasteiger partial charge is 0.271 e. The fourth-order valence-electron chi connectivity index (χ4n) is 3.46. The number of fused-ring (bicyclic) bond motifs is 1. The van der Waals surface area contributed by atoms with Gasteiger partial charge in [0, 0.05) is 22.2 Å². The Hall–Kier alpha value is -3.33. The third kappa shape index (κ3) is 4.32. The second kappa shape index (κ2) is 8.90. The van der Waals surface area contributed by atoms with E-state index >= 15 is 0 Å². The van der Waals surface area contributed by atoms with Crippen molar-refractivity contribution in [1.82, 2.24) is 14.5 Å². The van der Waals surface area contributed by atoms with Gasteiger partial charge in [-0.3, -0.25) is 19.1 Å². The van der Waals surface area contributed by atoms with Crippen molar-refractivity contribution in [3.05, 3.63) is 93.4 Å². The van der Waals surface area contributed by atoms with Crippen molar-refractivity contribution in [2.45, 2.75) is 13.5 Å². The zero-order valence-electron chi connectivity index (χ0n) is 17.4. The number of nitrogens with zero attached hydrogens (tertiary/aromatic N) is 4. The van der Waals surface area contributed by atoms with Crippen LogP contribution in [0, 0.1) is 0 Å². The third-order valence-electron chi connectivity index (χ3n) is 5.03. The van der Waals surface area contributed by atoms with Crippen LogP contribution in [0.4, 0.5) is 10.8 Å². The molecule has 0 atom stereocenters. The van der Waals surface area contributed by atoms with Crippen LogP contribution in [0.2, 0.25) is 5.02 Å². The van der Waals surface area contributed by atoms with E-state index in [2.05, 4.69) is 9.97 Å². The molecule has 2 aromatic carbocycles. The van der Waals surface area contributed by atoms with Crippen LogP contribution in [-0.4, -0.2) is 20.4 Å². The van der Waals surface area contributed by atoms with E-state index in [4.69, 9.17) is 11.6 Å². The van der Waals surface area contributed by atoms with E-state index in [9.17, 15) is 9.59 Å². The predicted molar refractivity (Wildman–Crippen MR) is 135 cm³/mol. The lowest BCUT2D eigenvalue weighted by Gasteiger charge is -2.17. The van der Waals surface area contributed by atoms with Gasteiger partial charge in [0.25, 0.3) is 5.56 Å². The number of hydrogen-bond donors (Lipinski definition) is 0. The summed E-state index contributed by atoms with van der Waals surface area (Å²) in [5.74, 6) is -0.129. The van der Waals surface area contributed by atoms with Crippen molar-refractivity contribution < 1.29 is 4.79 Å². The van der Waals surface area contributed by atoms with Crippen LogP contribution < -0.4 is 10.5 Å². The molecular formula is C24H17ClN4O2S2. The van der Waals surface area contributed by atoms with Crippen molar-refractivity contribution in [3.63, 3.8) is 0 Å².